The molecule has 2 aromatic heterocycles. The molecule has 0 radical (unpaired) electrons. The SMILES string of the molecule is CCCOc1cccc(-c2nn(-c3ccccc3)cc2-c2nnc(NC(=O)c3ccc(Cl)cc3)s2)c1. The fraction of sp³-hybridized carbons (Fsp3) is 0.111. The normalized spacial score (nSPS) is 10.8. The van der Waals surface area contributed by atoms with Crippen LogP contribution in [0, 0.1) is 0 Å². The highest BCUT2D eigenvalue weighted by atomic mass is 35.5. The van der Waals surface area contributed by atoms with Gasteiger partial charge in [0.25, 0.3) is 5.91 Å². The van der Waals surface area contributed by atoms with Crippen molar-refractivity contribution in [1.82, 2.24) is 20.0 Å². The topological polar surface area (TPSA) is 81.9 Å². The predicted octanol–water partition coefficient (Wildman–Crippen LogP) is 6.75. The van der Waals surface area contributed by atoms with Gasteiger partial charge in [0, 0.05) is 22.3 Å². The lowest BCUT2D eigenvalue weighted by Gasteiger charge is -2.06. The monoisotopic (exact) mass is 515 g/mol. The lowest BCUT2D eigenvalue weighted by atomic mass is 10.1. The number of aromatic nitrogens is 4. The van der Waals surface area contributed by atoms with Gasteiger partial charge in [-0.3, -0.25) is 10.1 Å². The molecule has 9 heteroatoms. The lowest BCUT2D eigenvalue weighted by molar-refractivity contribution is 0.102. The average Bonchev–Trinajstić information content (AvgIpc) is 3.56. The molecule has 0 aliphatic rings. The van der Waals surface area contributed by atoms with Crippen LogP contribution in [0.25, 0.3) is 27.5 Å². The molecule has 2 heterocycles. The van der Waals surface area contributed by atoms with Gasteiger partial charge in [0.15, 0.2) is 5.01 Å². The van der Waals surface area contributed by atoms with E-state index in [1.165, 1.54) is 11.3 Å². The van der Waals surface area contributed by atoms with Crippen molar-refractivity contribution in [3.05, 3.63) is 95.6 Å². The molecule has 1 amide bonds. The molecule has 0 bridgehead atoms. The number of para-hydroxylation sites is 1. The number of ether oxygens (including phenoxy) is 1. The van der Waals surface area contributed by atoms with E-state index in [0.717, 1.165) is 34.7 Å². The Morgan fingerprint density at radius 2 is 1.83 bits per heavy atom. The first-order valence-electron chi connectivity index (χ1n) is 11.4. The van der Waals surface area contributed by atoms with Gasteiger partial charge in [-0.1, -0.05) is 60.2 Å². The summed E-state index contributed by atoms with van der Waals surface area (Å²) in [7, 11) is 0. The van der Waals surface area contributed by atoms with E-state index in [2.05, 4.69) is 22.4 Å². The molecule has 0 saturated carbocycles. The van der Waals surface area contributed by atoms with Crippen LogP contribution in [0.1, 0.15) is 23.7 Å². The molecule has 3 aromatic carbocycles. The molecule has 0 aliphatic heterocycles. The predicted molar refractivity (Wildman–Crippen MR) is 143 cm³/mol. The summed E-state index contributed by atoms with van der Waals surface area (Å²) < 4.78 is 7.65. The molecular formula is C27H22ClN5O2S. The van der Waals surface area contributed by atoms with E-state index < -0.39 is 0 Å². The minimum atomic E-state index is -0.282. The minimum absolute atomic E-state index is 0.282. The number of halogens is 1. The number of carbonyl (C=O) groups excluding carboxylic acids is 1. The van der Waals surface area contributed by atoms with Crippen LogP contribution in [0.4, 0.5) is 5.13 Å². The van der Waals surface area contributed by atoms with Gasteiger partial charge < -0.3 is 4.74 Å². The van der Waals surface area contributed by atoms with Crippen LogP contribution in [0.3, 0.4) is 0 Å². The summed E-state index contributed by atoms with van der Waals surface area (Å²) in [6.07, 6.45) is 2.85. The molecule has 5 rings (SSSR count). The van der Waals surface area contributed by atoms with Crippen molar-refractivity contribution in [3.8, 4) is 33.3 Å². The summed E-state index contributed by atoms with van der Waals surface area (Å²) in [5, 5.41) is 17.8. The molecule has 0 spiro atoms. The highest BCUT2D eigenvalue weighted by Gasteiger charge is 2.19. The number of hydrogen-bond acceptors (Lipinski definition) is 6. The molecule has 0 unspecified atom stereocenters. The smallest absolute Gasteiger partial charge is 0.257 e. The van der Waals surface area contributed by atoms with Crippen molar-refractivity contribution in [2.75, 3.05) is 11.9 Å². The largest absolute Gasteiger partial charge is 0.494 e. The first kappa shape index (κ1) is 23.7. The Hall–Kier alpha value is -4.01. The average molecular weight is 516 g/mol. The van der Waals surface area contributed by atoms with Gasteiger partial charge in [0.2, 0.25) is 5.13 Å². The van der Waals surface area contributed by atoms with Crippen LogP contribution in [-0.2, 0) is 0 Å². The zero-order chi connectivity index (χ0) is 24.9. The second-order valence-corrected chi connectivity index (χ2v) is 9.34. The molecule has 1 N–H and O–H groups in total. The van der Waals surface area contributed by atoms with Crippen LogP contribution in [-0.4, -0.2) is 32.5 Å². The van der Waals surface area contributed by atoms with Gasteiger partial charge in [-0.05, 0) is 55.0 Å². The Balaban J connectivity index is 1.49. The van der Waals surface area contributed by atoms with E-state index in [1.54, 1.807) is 24.3 Å². The van der Waals surface area contributed by atoms with Gasteiger partial charge >= 0.3 is 0 Å². The first-order valence-corrected chi connectivity index (χ1v) is 12.6. The Bertz CT molecular complexity index is 1480. The lowest BCUT2D eigenvalue weighted by Crippen LogP contribution is -2.11. The molecule has 5 aromatic rings. The Labute approximate surface area is 217 Å². The third-order valence-corrected chi connectivity index (χ3v) is 6.42. The molecule has 0 aliphatic carbocycles. The van der Waals surface area contributed by atoms with E-state index in [9.17, 15) is 4.79 Å². The van der Waals surface area contributed by atoms with Gasteiger partial charge in [-0.25, -0.2) is 4.68 Å². The van der Waals surface area contributed by atoms with Crippen LogP contribution < -0.4 is 10.1 Å². The Morgan fingerprint density at radius 1 is 1.03 bits per heavy atom. The second kappa shape index (κ2) is 10.7. The zero-order valence-electron chi connectivity index (χ0n) is 19.4. The number of rotatable bonds is 8. The fourth-order valence-corrected chi connectivity index (χ4v) is 4.44. The van der Waals surface area contributed by atoms with E-state index in [-0.39, 0.29) is 5.91 Å². The number of nitrogens with zero attached hydrogens (tertiary/aromatic N) is 4. The van der Waals surface area contributed by atoms with Crippen LogP contribution in [0.15, 0.2) is 85.1 Å². The number of amides is 1. The minimum Gasteiger partial charge on any atom is -0.494 e. The van der Waals surface area contributed by atoms with E-state index in [4.69, 9.17) is 21.4 Å². The molecule has 0 fully saturated rings. The van der Waals surface area contributed by atoms with E-state index in [0.29, 0.717) is 27.3 Å². The number of nitrogens with one attached hydrogen (secondary N) is 1. The standard InChI is InChI=1S/C27H22ClN5O2S/c1-2-15-35-22-10-6-7-19(16-22)24-23(17-33(32-24)21-8-4-3-5-9-21)26-30-31-27(36-26)29-25(34)18-11-13-20(28)14-12-18/h3-14,16-17H,2,15H2,1H3,(H,29,31,34). The van der Waals surface area contributed by atoms with Crippen molar-refractivity contribution >= 4 is 34.0 Å². The second-order valence-electron chi connectivity index (χ2n) is 7.92. The Kier molecular flexibility index (Phi) is 7.06. The number of benzene rings is 3. The summed E-state index contributed by atoms with van der Waals surface area (Å²) in [6.45, 7) is 2.71. The fourth-order valence-electron chi connectivity index (χ4n) is 3.56. The summed E-state index contributed by atoms with van der Waals surface area (Å²) in [4.78, 5) is 12.6. The number of carbonyl (C=O) groups is 1. The number of anilines is 1. The maximum Gasteiger partial charge on any atom is 0.257 e. The van der Waals surface area contributed by atoms with Crippen LogP contribution in [0.5, 0.6) is 5.75 Å². The van der Waals surface area contributed by atoms with Gasteiger partial charge in [0.1, 0.15) is 11.4 Å². The first-order chi connectivity index (χ1) is 17.6. The van der Waals surface area contributed by atoms with Crippen molar-refractivity contribution in [2.24, 2.45) is 0 Å². The molecule has 7 nitrogen and oxygen atoms in total. The van der Waals surface area contributed by atoms with Crippen molar-refractivity contribution in [2.45, 2.75) is 13.3 Å². The summed E-state index contributed by atoms with van der Waals surface area (Å²) in [5.74, 6) is 0.498. The number of hydrogen-bond donors (Lipinski definition) is 1. The van der Waals surface area contributed by atoms with Gasteiger partial charge in [-0.15, -0.1) is 10.2 Å². The summed E-state index contributed by atoms with van der Waals surface area (Å²) >= 11 is 7.21. The third kappa shape index (κ3) is 5.30. The Morgan fingerprint density at radius 3 is 2.61 bits per heavy atom. The highest BCUT2D eigenvalue weighted by molar-refractivity contribution is 7.18. The van der Waals surface area contributed by atoms with Crippen molar-refractivity contribution < 1.29 is 9.53 Å². The molecule has 36 heavy (non-hydrogen) atoms. The van der Waals surface area contributed by atoms with E-state index >= 15 is 0 Å². The van der Waals surface area contributed by atoms with Crippen molar-refractivity contribution in [1.29, 1.82) is 0 Å². The maximum atomic E-state index is 12.6. The van der Waals surface area contributed by atoms with Crippen molar-refractivity contribution in [3.63, 3.8) is 0 Å². The van der Waals surface area contributed by atoms with Gasteiger partial charge in [0.05, 0.1) is 17.9 Å². The zero-order valence-corrected chi connectivity index (χ0v) is 21.0. The van der Waals surface area contributed by atoms with E-state index in [1.807, 2.05) is 65.5 Å². The molecular weight excluding hydrogens is 494 g/mol. The molecule has 180 valence electrons. The van der Waals surface area contributed by atoms with Crippen LogP contribution >= 0.6 is 22.9 Å². The maximum absolute atomic E-state index is 12.6. The quantitative estimate of drug-likeness (QED) is 0.247. The summed E-state index contributed by atoms with van der Waals surface area (Å²) in [6, 6.07) is 24.4. The highest BCUT2D eigenvalue weighted by Crippen LogP contribution is 2.36. The molecule has 0 atom stereocenters. The third-order valence-electron chi connectivity index (χ3n) is 5.30. The van der Waals surface area contributed by atoms with Gasteiger partial charge in [-0.2, -0.15) is 5.10 Å². The molecule has 0 saturated heterocycles. The van der Waals surface area contributed by atoms with Crippen LogP contribution in [0.2, 0.25) is 5.02 Å². The summed E-state index contributed by atoms with van der Waals surface area (Å²) in [5.41, 5.74) is 3.85.